The topological polar surface area (TPSA) is 49.9 Å². The van der Waals surface area contributed by atoms with Gasteiger partial charge in [0.25, 0.3) is 5.24 Å². The summed E-state index contributed by atoms with van der Waals surface area (Å²) in [6.45, 7) is 10.6. The first kappa shape index (κ1) is 19.1. The van der Waals surface area contributed by atoms with Gasteiger partial charge in [-0.2, -0.15) is 0 Å². The molecule has 2 atom stereocenters. The third-order valence-corrected chi connectivity index (χ3v) is 5.49. The molecule has 0 radical (unpaired) electrons. The van der Waals surface area contributed by atoms with Crippen LogP contribution in [0.1, 0.15) is 53.4 Å². The summed E-state index contributed by atoms with van der Waals surface area (Å²) in [6.07, 6.45) is 3.56. The van der Waals surface area contributed by atoms with Crippen LogP contribution < -0.4 is 0 Å². The summed E-state index contributed by atoms with van der Waals surface area (Å²) in [5.41, 5.74) is 0. The first-order valence-electron chi connectivity index (χ1n) is 8.48. The van der Waals surface area contributed by atoms with Crippen LogP contribution in [0.25, 0.3) is 0 Å². The molecule has 128 valence electrons. The van der Waals surface area contributed by atoms with E-state index in [1.807, 2.05) is 32.6 Å². The Morgan fingerprint density at radius 2 is 1.50 bits per heavy atom. The molecule has 0 heterocycles. The molecule has 1 fully saturated rings. The third-order valence-electron chi connectivity index (χ3n) is 4.19. The van der Waals surface area contributed by atoms with Crippen molar-refractivity contribution in [3.8, 4) is 0 Å². The minimum Gasteiger partial charge on any atom is -0.445 e. The van der Waals surface area contributed by atoms with Gasteiger partial charge in [-0.05, 0) is 47.0 Å². The average molecular weight is 330 g/mol. The van der Waals surface area contributed by atoms with E-state index in [-0.39, 0.29) is 22.7 Å². The maximum Gasteiger partial charge on any atom is 0.410 e. The second kappa shape index (κ2) is 9.98. The van der Waals surface area contributed by atoms with Crippen LogP contribution >= 0.6 is 11.8 Å². The second-order valence-corrected chi connectivity index (χ2v) is 6.66. The molecule has 2 unspecified atom stereocenters. The molecule has 2 amide bonds. The highest BCUT2D eigenvalue weighted by molar-refractivity contribution is 8.14. The van der Waals surface area contributed by atoms with E-state index in [4.69, 9.17) is 4.74 Å². The molecule has 1 rings (SSSR count). The van der Waals surface area contributed by atoms with Gasteiger partial charge < -0.3 is 14.5 Å². The van der Waals surface area contributed by atoms with Crippen LogP contribution in [0.4, 0.5) is 9.59 Å². The monoisotopic (exact) mass is 330 g/mol. The van der Waals surface area contributed by atoms with Crippen LogP contribution in [0.15, 0.2) is 0 Å². The highest BCUT2D eigenvalue weighted by Gasteiger charge is 2.32. The highest BCUT2D eigenvalue weighted by Crippen LogP contribution is 2.32. The highest BCUT2D eigenvalue weighted by atomic mass is 32.2. The quantitative estimate of drug-likeness (QED) is 0.739. The Morgan fingerprint density at radius 3 is 2.05 bits per heavy atom. The molecule has 0 aromatic carbocycles. The summed E-state index contributed by atoms with van der Waals surface area (Å²) in [5, 5.41) is 0.183. The van der Waals surface area contributed by atoms with Crippen LogP contribution in [0.3, 0.4) is 0 Å². The molecule has 1 aliphatic carbocycles. The van der Waals surface area contributed by atoms with Gasteiger partial charge >= 0.3 is 6.09 Å². The minimum absolute atomic E-state index is 0.0846. The Bertz CT molecular complexity index is 323. The lowest BCUT2D eigenvalue weighted by Gasteiger charge is -2.33. The molecular formula is C16H30N2O3S. The van der Waals surface area contributed by atoms with Crippen LogP contribution in [0.5, 0.6) is 0 Å². The van der Waals surface area contributed by atoms with E-state index in [0.717, 1.165) is 38.8 Å². The average Bonchev–Trinajstić information content (AvgIpc) is 2.51. The largest absolute Gasteiger partial charge is 0.445 e. The fourth-order valence-corrected chi connectivity index (χ4v) is 4.00. The standard InChI is InChI=1S/C16H30N2O3S/c1-5-17(6-2)15(19)21-13-11-9-10-12-14(13)22-16(20)18(7-3)8-4/h13-14H,5-12H2,1-4H3. The van der Waals surface area contributed by atoms with Crippen LogP contribution in [-0.2, 0) is 4.74 Å². The number of ether oxygens (including phenoxy) is 1. The molecule has 0 N–H and O–H groups in total. The SMILES string of the molecule is CCN(CC)C(=O)OC1CCCCC1SC(=O)N(CC)CC. The first-order valence-corrected chi connectivity index (χ1v) is 9.36. The summed E-state index contributed by atoms with van der Waals surface area (Å²) in [6, 6.07) is 0. The Kier molecular flexibility index (Phi) is 8.68. The fourth-order valence-electron chi connectivity index (χ4n) is 2.70. The normalized spacial score (nSPS) is 21.3. The zero-order valence-corrected chi connectivity index (χ0v) is 15.2. The molecule has 22 heavy (non-hydrogen) atoms. The van der Waals surface area contributed by atoms with Gasteiger partial charge in [0, 0.05) is 26.2 Å². The molecule has 1 aliphatic rings. The van der Waals surface area contributed by atoms with Crippen molar-refractivity contribution >= 4 is 23.1 Å². The van der Waals surface area contributed by atoms with Gasteiger partial charge in [0.2, 0.25) is 0 Å². The summed E-state index contributed by atoms with van der Waals surface area (Å²) in [4.78, 5) is 27.9. The van der Waals surface area contributed by atoms with Crippen LogP contribution in [0, 0.1) is 0 Å². The molecule has 5 nitrogen and oxygen atoms in total. The number of hydrogen-bond donors (Lipinski definition) is 0. The minimum atomic E-state index is -0.252. The van der Waals surface area contributed by atoms with E-state index in [1.165, 1.54) is 11.8 Å². The number of carbonyl (C=O) groups excluding carboxylic acids is 2. The second-order valence-electron chi connectivity index (χ2n) is 5.47. The van der Waals surface area contributed by atoms with Gasteiger partial charge in [-0.1, -0.05) is 18.2 Å². The molecule has 1 saturated carbocycles. The maximum absolute atomic E-state index is 12.3. The zero-order valence-electron chi connectivity index (χ0n) is 14.3. The Morgan fingerprint density at radius 1 is 0.955 bits per heavy atom. The van der Waals surface area contributed by atoms with Crippen molar-refractivity contribution in [3.05, 3.63) is 0 Å². The van der Waals surface area contributed by atoms with Crippen molar-refractivity contribution in [2.75, 3.05) is 26.2 Å². The number of thioether (sulfide) groups is 1. The smallest absolute Gasteiger partial charge is 0.410 e. The molecule has 0 spiro atoms. The summed E-state index contributed by atoms with van der Waals surface area (Å²) >= 11 is 1.35. The Labute approximate surface area is 138 Å². The van der Waals surface area contributed by atoms with Crippen molar-refractivity contribution in [2.24, 2.45) is 0 Å². The number of rotatable bonds is 6. The van der Waals surface area contributed by atoms with Crippen molar-refractivity contribution in [2.45, 2.75) is 64.7 Å². The molecule has 0 bridgehead atoms. The predicted molar refractivity (Wildman–Crippen MR) is 91.4 cm³/mol. The van der Waals surface area contributed by atoms with Crippen molar-refractivity contribution in [1.29, 1.82) is 0 Å². The maximum atomic E-state index is 12.3. The van der Waals surface area contributed by atoms with Crippen molar-refractivity contribution < 1.29 is 14.3 Å². The zero-order chi connectivity index (χ0) is 16.5. The van der Waals surface area contributed by atoms with Gasteiger partial charge in [0.1, 0.15) is 6.10 Å². The predicted octanol–water partition coefficient (Wildman–Crippen LogP) is 3.97. The number of carbonyl (C=O) groups is 2. The fraction of sp³-hybridized carbons (Fsp3) is 0.875. The van der Waals surface area contributed by atoms with E-state index in [9.17, 15) is 9.59 Å². The summed E-state index contributed by atoms with van der Waals surface area (Å²) in [7, 11) is 0. The lowest BCUT2D eigenvalue weighted by atomic mass is 9.97. The van der Waals surface area contributed by atoms with Crippen LogP contribution in [0.2, 0.25) is 0 Å². The number of nitrogens with zero attached hydrogens (tertiary/aromatic N) is 2. The van der Waals surface area contributed by atoms with E-state index in [2.05, 4.69) is 0 Å². The first-order chi connectivity index (χ1) is 10.6. The summed E-state index contributed by atoms with van der Waals surface area (Å²) in [5.74, 6) is 0. The molecule has 0 aromatic heterocycles. The van der Waals surface area contributed by atoms with E-state index in [1.54, 1.807) is 4.90 Å². The van der Waals surface area contributed by atoms with Gasteiger partial charge in [-0.15, -0.1) is 0 Å². The molecule has 6 heteroatoms. The lowest BCUT2D eigenvalue weighted by Crippen LogP contribution is -2.40. The lowest BCUT2D eigenvalue weighted by molar-refractivity contribution is 0.0512. The summed E-state index contributed by atoms with van der Waals surface area (Å²) < 4.78 is 5.69. The van der Waals surface area contributed by atoms with Crippen LogP contribution in [-0.4, -0.2) is 58.7 Å². The molecule has 0 aliphatic heterocycles. The van der Waals surface area contributed by atoms with Gasteiger partial charge in [-0.25, -0.2) is 4.79 Å². The Balaban J connectivity index is 2.63. The Hall–Kier alpha value is -0.910. The molecule has 0 saturated heterocycles. The number of amides is 2. The van der Waals surface area contributed by atoms with Crippen molar-refractivity contribution in [1.82, 2.24) is 9.80 Å². The third kappa shape index (κ3) is 5.38. The number of hydrogen-bond acceptors (Lipinski definition) is 4. The van der Waals surface area contributed by atoms with Gasteiger partial charge in [0.15, 0.2) is 0 Å². The van der Waals surface area contributed by atoms with Crippen molar-refractivity contribution in [3.63, 3.8) is 0 Å². The molecule has 0 aromatic rings. The van der Waals surface area contributed by atoms with E-state index >= 15 is 0 Å². The van der Waals surface area contributed by atoms with Gasteiger partial charge in [0.05, 0.1) is 5.25 Å². The molecular weight excluding hydrogens is 300 g/mol. The van der Waals surface area contributed by atoms with E-state index in [0.29, 0.717) is 13.1 Å². The van der Waals surface area contributed by atoms with E-state index < -0.39 is 0 Å². The van der Waals surface area contributed by atoms with Gasteiger partial charge in [-0.3, -0.25) is 4.79 Å².